The second-order valence-corrected chi connectivity index (χ2v) is 6.34. The summed E-state index contributed by atoms with van der Waals surface area (Å²) in [4.78, 5) is 3.64. The Morgan fingerprint density at radius 2 is 1.78 bits per heavy atom. The van der Waals surface area contributed by atoms with Gasteiger partial charge in [0.05, 0.1) is 11.3 Å². The largest absolute Gasteiger partial charge is 0.485 e. The highest BCUT2D eigenvalue weighted by molar-refractivity contribution is 6.31. The highest BCUT2D eigenvalue weighted by Crippen LogP contribution is 2.34. The Morgan fingerprint density at radius 1 is 1.19 bits per heavy atom. The molecule has 0 aliphatic carbocycles. The molecule has 1 aromatic heterocycles. The van der Waals surface area contributed by atoms with Crippen LogP contribution in [-0.4, -0.2) is 35.9 Å². The van der Waals surface area contributed by atoms with E-state index in [0.29, 0.717) is 17.7 Å². The lowest BCUT2D eigenvalue weighted by Crippen LogP contribution is -2.23. The standard InChI is InChI=1S/C18H19ClF3N3O2/c1-11(24-25(3)4)12(2)26-14-5-7-15(8-6-14)27-17-16(19)9-13(10-23-17)18(20,21)22/h5-10,12H,1-4H3/b24-11-. The van der Waals surface area contributed by atoms with E-state index >= 15 is 0 Å². The molecule has 0 aliphatic heterocycles. The minimum atomic E-state index is -4.52. The van der Waals surface area contributed by atoms with Crippen molar-refractivity contribution in [1.82, 2.24) is 9.99 Å². The van der Waals surface area contributed by atoms with Crippen LogP contribution in [0.2, 0.25) is 5.02 Å². The van der Waals surface area contributed by atoms with E-state index in [9.17, 15) is 13.2 Å². The average Bonchev–Trinajstić information content (AvgIpc) is 2.56. The maximum Gasteiger partial charge on any atom is 0.417 e. The van der Waals surface area contributed by atoms with Crippen molar-refractivity contribution in [3.8, 4) is 17.4 Å². The van der Waals surface area contributed by atoms with Crippen molar-refractivity contribution in [2.24, 2.45) is 5.10 Å². The van der Waals surface area contributed by atoms with Crippen LogP contribution >= 0.6 is 11.6 Å². The summed E-state index contributed by atoms with van der Waals surface area (Å²) in [6.45, 7) is 3.74. The molecule has 2 aromatic rings. The molecule has 0 bridgehead atoms. The number of alkyl halides is 3. The second-order valence-electron chi connectivity index (χ2n) is 5.93. The van der Waals surface area contributed by atoms with Gasteiger partial charge in [-0.3, -0.25) is 0 Å². The minimum Gasteiger partial charge on any atom is -0.485 e. The van der Waals surface area contributed by atoms with Gasteiger partial charge in [0.25, 0.3) is 0 Å². The molecule has 9 heteroatoms. The summed E-state index contributed by atoms with van der Waals surface area (Å²) >= 11 is 5.83. The van der Waals surface area contributed by atoms with Gasteiger partial charge >= 0.3 is 6.18 Å². The first kappa shape index (κ1) is 20.8. The van der Waals surface area contributed by atoms with Crippen molar-refractivity contribution >= 4 is 17.3 Å². The first-order valence-corrected chi connectivity index (χ1v) is 8.34. The Kier molecular flexibility index (Phi) is 6.54. The number of hydrogen-bond donors (Lipinski definition) is 0. The van der Waals surface area contributed by atoms with Crippen molar-refractivity contribution in [2.75, 3.05) is 14.1 Å². The van der Waals surface area contributed by atoms with Gasteiger partial charge in [-0.05, 0) is 44.2 Å². The SMILES string of the molecule is C/C(=N/N(C)C)C(C)Oc1ccc(Oc2ncc(C(F)(F)F)cc2Cl)cc1. The van der Waals surface area contributed by atoms with Gasteiger partial charge in [-0.1, -0.05) is 11.6 Å². The molecule has 0 amide bonds. The predicted molar refractivity (Wildman–Crippen MR) is 97.7 cm³/mol. The quantitative estimate of drug-likeness (QED) is 0.490. The molecule has 0 saturated carbocycles. The molecule has 146 valence electrons. The van der Waals surface area contributed by atoms with E-state index in [1.54, 1.807) is 29.3 Å². The van der Waals surface area contributed by atoms with E-state index in [0.717, 1.165) is 11.8 Å². The summed E-state index contributed by atoms with van der Waals surface area (Å²) in [6, 6.07) is 7.34. The average molecular weight is 402 g/mol. The lowest BCUT2D eigenvalue weighted by molar-refractivity contribution is -0.137. The lowest BCUT2D eigenvalue weighted by atomic mass is 10.2. The molecule has 1 unspecified atom stereocenters. The third kappa shape index (κ3) is 6.02. The van der Waals surface area contributed by atoms with Gasteiger partial charge in [0.2, 0.25) is 5.88 Å². The van der Waals surface area contributed by atoms with Crippen LogP contribution in [-0.2, 0) is 6.18 Å². The van der Waals surface area contributed by atoms with E-state index in [1.807, 2.05) is 27.9 Å². The molecular formula is C18H19ClF3N3O2. The fourth-order valence-corrected chi connectivity index (χ4v) is 2.24. The van der Waals surface area contributed by atoms with Crippen LogP contribution in [0.5, 0.6) is 17.4 Å². The Morgan fingerprint density at radius 3 is 2.30 bits per heavy atom. The van der Waals surface area contributed by atoms with E-state index < -0.39 is 11.7 Å². The number of aromatic nitrogens is 1. The topological polar surface area (TPSA) is 47.0 Å². The first-order valence-electron chi connectivity index (χ1n) is 7.96. The van der Waals surface area contributed by atoms with Gasteiger partial charge in [-0.25, -0.2) is 4.98 Å². The zero-order valence-electron chi connectivity index (χ0n) is 15.2. The third-order valence-electron chi connectivity index (χ3n) is 3.43. The van der Waals surface area contributed by atoms with Gasteiger partial charge < -0.3 is 14.5 Å². The summed E-state index contributed by atoms with van der Waals surface area (Å²) in [7, 11) is 3.64. The van der Waals surface area contributed by atoms with E-state index in [1.165, 1.54) is 0 Å². The molecule has 0 fully saturated rings. The zero-order chi connectivity index (χ0) is 20.2. The monoisotopic (exact) mass is 401 g/mol. The minimum absolute atomic E-state index is 0.110. The molecule has 0 N–H and O–H groups in total. The van der Waals surface area contributed by atoms with Crippen LogP contribution in [0.3, 0.4) is 0 Å². The highest BCUT2D eigenvalue weighted by Gasteiger charge is 2.31. The summed E-state index contributed by atoms with van der Waals surface area (Å²) < 4.78 is 49.1. The molecule has 1 heterocycles. The second kappa shape index (κ2) is 8.47. The van der Waals surface area contributed by atoms with Crippen molar-refractivity contribution in [2.45, 2.75) is 26.1 Å². The molecule has 0 aliphatic rings. The molecular weight excluding hydrogens is 383 g/mol. The summed E-state index contributed by atoms with van der Waals surface area (Å²) in [6.07, 6.45) is -4.07. The van der Waals surface area contributed by atoms with Crippen LogP contribution in [0.1, 0.15) is 19.4 Å². The summed E-state index contributed by atoms with van der Waals surface area (Å²) in [5, 5.41) is 5.74. The summed E-state index contributed by atoms with van der Waals surface area (Å²) in [5.74, 6) is 0.845. The van der Waals surface area contributed by atoms with E-state index in [4.69, 9.17) is 21.1 Å². The molecule has 0 saturated heterocycles. The van der Waals surface area contributed by atoms with Crippen LogP contribution < -0.4 is 9.47 Å². The smallest absolute Gasteiger partial charge is 0.417 e. The van der Waals surface area contributed by atoms with Gasteiger partial charge in [0.15, 0.2) is 0 Å². The predicted octanol–water partition coefficient (Wildman–Crippen LogP) is 5.25. The lowest BCUT2D eigenvalue weighted by Gasteiger charge is -2.16. The maximum absolute atomic E-state index is 12.6. The first-order chi connectivity index (χ1) is 12.6. The van der Waals surface area contributed by atoms with E-state index in [2.05, 4.69) is 10.1 Å². The highest BCUT2D eigenvalue weighted by atomic mass is 35.5. The number of rotatable bonds is 6. The number of ether oxygens (including phenoxy) is 2. The van der Waals surface area contributed by atoms with Crippen molar-refractivity contribution in [3.63, 3.8) is 0 Å². The Labute approximate surface area is 160 Å². The molecule has 1 aromatic carbocycles. The maximum atomic E-state index is 12.6. The molecule has 5 nitrogen and oxygen atoms in total. The number of pyridine rings is 1. The van der Waals surface area contributed by atoms with Crippen LogP contribution in [0.25, 0.3) is 0 Å². The van der Waals surface area contributed by atoms with Gasteiger partial charge in [-0.15, -0.1) is 0 Å². The fourth-order valence-electron chi connectivity index (χ4n) is 2.04. The van der Waals surface area contributed by atoms with Crippen LogP contribution in [0.15, 0.2) is 41.6 Å². The zero-order valence-corrected chi connectivity index (χ0v) is 16.0. The van der Waals surface area contributed by atoms with Gasteiger partial charge in [0.1, 0.15) is 22.6 Å². The molecule has 2 rings (SSSR count). The summed E-state index contributed by atoms with van der Waals surface area (Å²) in [5.41, 5.74) is -0.131. The Bertz CT molecular complexity index is 808. The third-order valence-corrected chi connectivity index (χ3v) is 3.70. The van der Waals surface area contributed by atoms with E-state index in [-0.39, 0.29) is 17.0 Å². The van der Waals surface area contributed by atoms with Crippen molar-refractivity contribution in [1.29, 1.82) is 0 Å². The number of halogens is 4. The Hall–Kier alpha value is -2.48. The normalized spacial score (nSPS) is 13.3. The molecule has 0 spiro atoms. The molecule has 1 atom stereocenters. The number of nitrogens with zero attached hydrogens (tertiary/aromatic N) is 3. The number of hydrazone groups is 1. The van der Waals surface area contributed by atoms with Gasteiger partial charge in [0, 0.05) is 20.3 Å². The fraction of sp³-hybridized carbons (Fsp3) is 0.333. The van der Waals surface area contributed by atoms with Gasteiger partial charge in [-0.2, -0.15) is 18.3 Å². The number of hydrogen-bond acceptors (Lipinski definition) is 5. The molecule has 27 heavy (non-hydrogen) atoms. The molecule has 0 radical (unpaired) electrons. The van der Waals surface area contributed by atoms with Crippen LogP contribution in [0, 0.1) is 0 Å². The Balaban J connectivity index is 2.06. The van der Waals surface area contributed by atoms with Crippen molar-refractivity contribution in [3.05, 3.63) is 47.1 Å². The van der Waals surface area contributed by atoms with Crippen molar-refractivity contribution < 1.29 is 22.6 Å². The van der Waals surface area contributed by atoms with Crippen LogP contribution in [0.4, 0.5) is 13.2 Å². The number of benzene rings is 1.